The van der Waals surface area contributed by atoms with Crippen molar-refractivity contribution in [3.63, 3.8) is 0 Å². The smallest absolute Gasteiger partial charge is 0.250 e. The Kier molecular flexibility index (Phi) is 1.70. The number of nitrogens with zero attached hydrogens (tertiary/aromatic N) is 2. The van der Waals surface area contributed by atoms with Gasteiger partial charge in [-0.1, -0.05) is 0 Å². The molecule has 0 saturated heterocycles. The van der Waals surface area contributed by atoms with E-state index in [9.17, 15) is 4.39 Å². The molecular weight excluding hydrogens is 173 g/mol. The SMILES string of the molecule is Nc1ccc(-c2nnco2)c(F)c1. The summed E-state index contributed by atoms with van der Waals surface area (Å²) in [6, 6.07) is 4.28. The number of hydrogen-bond acceptors (Lipinski definition) is 4. The minimum atomic E-state index is -0.468. The zero-order valence-electron chi connectivity index (χ0n) is 6.57. The van der Waals surface area contributed by atoms with Crippen molar-refractivity contribution in [3.8, 4) is 11.5 Å². The molecule has 0 saturated carbocycles. The van der Waals surface area contributed by atoms with Crippen LogP contribution in [0.1, 0.15) is 0 Å². The van der Waals surface area contributed by atoms with E-state index in [1.807, 2.05) is 0 Å². The highest BCUT2D eigenvalue weighted by molar-refractivity contribution is 5.57. The monoisotopic (exact) mass is 179 g/mol. The van der Waals surface area contributed by atoms with E-state index in [1.165, 1.54) is 12.1 Å². The second-order valence-corrected chi connectivity index (χ2v) is 2.48. The molecule has 2 rings (SSSR count). The zero-order chi connectivity index (χ0) is 9.26. The zero-order valence-corrected chi connectivity index (χ0v) is 6.57. The molecule has 0 aliphatic heterocycles. The predicted molar refractivity (Wildman–Crippen MR) is 44.1 cm³/mol. The van der Waals surface area contributed by atoms with E-state index in [4.69, 9.17) is 10.2 Å². The molecular formula is C8H6FN3O. The number of nitrogens with two attached hydrogens (primary N) is 1. The normalized spacial score (nSPS) is 10.2. The van der Waals surface area contributed by atoms with Crippen molar-refractivity contribution in [2.75, 3.05) is 5.73 Å². The van der Waals surface area contributed by atoms with Gasteiger partial charge in [0.1, 0.15) is 5.82 Å². The molecule has 0 radical (unpaired) electrons. The van der Waals surface area contributed by atoms with Crippen LogP contribution < -0.4 is 5.73 Å². The Hall–Kier alpha value is -1.91. The molecule has 5 heteroatoms. The van der Waals surface area contributed by atoms with Crippen LogP contribution in [0.25, 0.3) is 11.5 Å². The molecule has 0 bridgehead atoms. The molecule has 1 heterocycles. The van der Waals surface area contributed by atoms with Crippen molar-refractivity contribution in [1.29, 1.82) is 0 Å². The second kappa shape index (κ2) is 2.85. The third kappa shape index (κ3) is 1.35. The number of aromatic nitrogens is 2. The molecule has 0 aliphatic carbocycles. The highest BCUT2D eigenvalue weighted by atomic mass is 19.1. The lowest BCUT2D eigenvalue weighted by molar-refractivity contribution is 0.558. The van der Waals surface area contributed by atoms with Gasteiger partial charge >= 0.3 is 0 Å². The molecule has 0 aliphatic rings. The van der Waals surface area contributed by atoms with Crippen molar-refractivity contribution in [2.45, 2.75) is 0 Å². The van der Waals surface area contributed by atoms with Gasteiger partial charge in [-0.2, -0.15) is 0 Å². The van der Waals surface area contributed by atoms with Crippen molar-refractivity contribution in [1.82, 2.24) is 10.2 Å². The first-order valence-electron chi connectivity index (χ1n) is 3.59. The molecule has 2 aromatic rings. The topological polar surface area (TPSA) is 64.9 Å². The summed E-state index contributed by atoms with van der Waals surface area (Å²) in [4.78, 5) is 0. The summed E-state index contributed by atoms with van der Waals surface area (Å²) in [6.07, 6.45) is 1.14. The average molecular weight is 179 g/mol. The lowest BCUT2D eigenvalue weighted by Gasteiger charge is -1.97. The molecule has 0 amide bonds. The number of benzene rings is 1. The number of rotatable bonds is 1. The van der Waals surface area contributed by atoms with Crippen molar-refractivity contribution in [3.05, 3.63) is 30.4 Å². The summed E-state index contributed by atoms with van der Waals surface area (Å²) in [6.45, 7) is 0. The Balaban J connectivity index is 2.53. The van der Waals surface area contributed by atoms with Gasteiger partial charge < -0.3 is 10.2 Å². The van der Waals surface area contributed by atoms with Crippen molar-refractivity contribution < 1.29 is 8.81 Å². The average Bonchev–Trinajstić information content (AvgIpc) is 2.56. The van der Waals surface area contributed by atoms with Crippen LogP contribution in [0.5, 0.6) is 0 Å². The van der Waals surface area contributed by atoms with Gasteiger partial charge in [0.05, 0.1) is 5.56 Å². The fraction of sp³-hybridized carbons (Fsp3) is 0. The fourth-order valence-electron chi connectivity index (χ4n) is 0.995. The molecule has 0 unspecified atom stereocenters. The Morgan fingerprint density at radius 3 is 2.85 bits per heavy atom. The first kappa shape index (κ1) is 7.72. The highest BCUT2D eigenvalue weighted by Crippen LogP contribution is 2.21. The van der Waals surface area contributed by atoms with Crippen molar-refractivity contribution in [2.24, 2.45) is 0 Å². The van der Waals surface area contributed by atoms with Gasteiger partial charge in [-0.3, -0.25) is 0 Å². The molecule has 13 heavy (non-hydrogen) atoms. The van der Waals surface area contributed by atoms with Crippen LogP contribution >= 0.6 is 0 Å². The van der Waals surface area contributed by atoms with Crippen LogP contribution in [0.3, 0.4) is 0 Å². The van der Waals surface area contributed by atoms with E-state index in [1.54, 1.807) is 6.07 Å². The highest BCUT2D eigenvalue weighted by Gasteiger charge is 2.09. The summed E-state index contributed by atoms with van der Waals surface area (Å²) in [5.74, 6) is -0.318. The molecule has 66 valence electrons. The van der Waals surface area contributed by atoms with E-state index in [0.29, 0.717) is 5.69 Å². The lowest BCUT2D eigenvalue weighted by atomic mass is 10.2. The summed E-state index contributed by atoms with van der Waals surface area (Å²) >= 11 is 0. The molecule has 0 spiro atoms. The Labute approximate surface area is 73.2 Å². The standard InChI is InChI=1S/C8H6FN3O/c9-7-3-5(10)1-2-6(7)8-12-11-4-13-8/h1-4H,10H2. The Morgan fingerprint density at radius 2 is 2.23 bits per heavy atom. The van der Waals surface area contributed by atoms with Crippen LogP contribution in [0, 0.1) is 5.82 Å². The van der Waals surface area contributed by atoms with Crippen LogP contribution in [0.4, 0.5) is 10.1 Å². The van der Waals surface area contributed by atoms with Gasteiger partial charge in [-0.15, -0.1) is 10.2 Å². The molecule has 1 aromatic carbocycles. The van der Waals surface area contributed by atoms with Gasteiger partial charge in [0.15, 0.2) is 0 Å². The Bertz CT molecular complexity index is 413. The van der Waals surface area contributed by atoms with Crippen molar-refractivity contribution >= 4 is 5.69 Å². The van der Waals surface area contributed by atoms with Gasteiger partial charge in [0.2, 0.25) is 12.3 Å². The van der Waals surface area contributed by atoms with Gasteiger partial charge in [-0.05, 0) is 18.2 Å². The first-order chi connectivity index (χ1) is 6.27. The van der Waals surface area contributed by atoms with E-state index in [2.05, 4.69) is 10.2 Å². The van der Waals surface area contributed by atoms with E-state index in [0.717, 1.165) is 6.39 Å². The third-order valence-electron chi connectivity index (χ3n) is 1.58. The van der Waals surface area contributed by atoms with Gasteiger partial charge in [-0.25, -0.2) is 4.39 Å². The minimum Gasteiger partial charge on any atom is -0.423 e. The largest absolute Gasteiger partial charge is 0.423 e. The first-order valence-corrected chi connectivity index (χ1v) is 3.59. The van der Waals surface area contributed by atoms with Gasteiger partial charge in [0, 0.05) is 5.69 Å². The minimum absolute atomic E-state index is 0.150. The fourth-order valence-corrected chi connectivity index (χ4v) is 0.995. The maximum Gasteiger partial charge on any atom is 0.250 e. The second-order valence-electron chi connectivity index (χ2n) is 2.48. The molecule has 0 fully saturated rings. The van der Waals surface area contributed by atoms with Crippen LogP contribution in [0.15, 0.2) is 29.0 Å². The summed E-state index contributed by atoms with van der Waals surface area (Å²) < 4.78 is 18.0. The van der Waals surface area contributed by atoms with E-state index < -0.39 is 5.82 Å². The number of hydrogen-bond donors (Lipinski definition) is 1. The molecule has 1 aromatic heterocycles. The van der Waals surface area contributed by atoms with Gasteiger partial charge in [0.25, 0.3) is 0 Å². The maximum absolute atomic E-state index is 13.2. The van der Waals surface area contributed by atoms with Crippen LogP contribution in [-0.4, -0.2) is 10.2 Å². The quantitative estimate of drug-likeness (QED) is 0.673. The Morgan fingerprint density at radius 1 is 1.38 bits per heavy atom. The predicted octanol–water partition coefficient (Wildman–Crippen LogP) is 1.46. The number of halogens is 1. The van der Waals surface area contributed by atoms with E-state index in [-0.39, 0.29) is 11.5 Å². The number of nitrogen functional groups attached to an aromatic ring is 1. The van der Waals surface area contributed by atoms with E-state index >= 15 is 0 Å². The molecule has 2 N–H and O–H groups in total. The van der Waals surface area contributed by atoms with Crippen LogP contribution in [-0.2, 0) is 0 Å². The number of anilines is 1. The molecule has 0 atom stereocenters. The lowest BCUT2D eigenvalue weighted by Crippen LogP contribution is -1.89. The maximum atomic E-state index is 13.2. The molecule has 4 nitrogen and oxygen atoms in total. The summed E-state index contributed by atoms with van der Waals surface area (Å²) in [5.41, 5.74) is 5.99. The summed E-state index contributed by atoms with van der Waals surface area (Å²) in [7, 11) is 0. The van der Waals surface area contributed by atoms with Crippen LogP contribution in [0.2, 0.25) is 0 Å². The third-order valence-corrected chi connectivity index (χ3v) is 1.58. The summed E-state index contributed by atoms with van der Waals surface area (Å²) in [5, 5.41) is 7.03.